The van der Waals surface area contributed by atoms with Crippen molar-refractivity contribution in [2.75, 3.05) is 0 Å². The van der Waals surface area contributed by atoms with Crippen molar-refractivity contribution in [3.05, 3.63) is 44.1 Å². The van der Waals surface area contributed by atoms with E-state index in [2.05, 4.69) is 47.5 Å². The Morgan fingerprint density at radius 3 is 2.65 bits per heavy atom. The Balaban J connectivity index is 2.10. The van der Waals surface area contributed by atoms with Gasteiger partial charge in [0, 0.05) is 15.7 Å². The number of nitrogens with zero attached hydrogens (tertiary/aromatic N) is 3. The third-order valence-electron chi connectivity index (χ3n) is 3.16. The lowest BCUT2D eigenvalue weighted by Gasteiger charge is -2.08. The molecule has 2 rings (SSSR count). The van der Waals surface area contributed by atoms with Crippen LogP contribution in [-0.2, 0) is 11.3 Å². The molecule has 122 valence electrons. The summed E-state index contributed by atoms with van der Waals surface area (Å²) in [4.78, 5) is 12.0. The van der Waals surface area contributed by atoms with Gasteiger partial charge in [0.1, 0.15) is 12.3 Å². The lowest BCUT2D eigenvalue weighted by molar-refractivity contribution is -0.121. The third-order valence-corrected chi connectivity index (χ3v) is 4.23. The van der Waals surface area contributed by atoms with E-state index in [9.17, 15) is 9.90 Å². The smallest absolute Gasteiger partial charge is 0.261 e. The summed E-state index contributed by atoms with van der Waals surface area (Å²) in [6, 6.07) is 5.36. The summed E-state index contributed by atoms with van der Waals surface area (Å²) < 4.78 is 2.95. The Labute approximate surface area is 150 Å². The first-order chi connectivity index (χ1) is 10.8. The second kappa shape index (κ2) is 7.27. The highest BCUT2D eigenvalue weighted by molar-refractivity contribution is 9.11. The van der Waals surface area contributed by atoms with Crippen molar-refractivity contribution in [1.82, 2.24) is 15.2 Å². The van der Waals surface area contributed by atoms with Crippen LogP contribution < -0.4 is 5.43 Å². The zero-order chi connectivity index (χ0) is 17.1. The average molecular weight is 444 g/mol. The molecule has 0 radical (unpaired) electrons. The highest BCUT2D eigenvalue weighted by Crippen LogP contribution is 2.31. The van der Waals surface area contributed by atoms with E-state index in [1.807, 2.05) is 19.9 Å². The van der Waals surface area contributed by atoms with Crippen LogP contribution in [0.15, 0.2) is 32.2 Å². The van der Waals surface area contributed by atoms with E-state index < -0.39 is 0 Å². The van der Waals surface area contributed by atoms with Gasteiger partial charge in [-0.1, -0.05) is 15.9 Å². The SMILES string of the molecule is CC(=NNC(=O)Cn1nc(C)cc1C)c1cc(Br)cc(Br)c1O. The molecular weight excluding hydrogens is 428 g/mol. The zero-order valence-electron chi connectivity index (χ0n) is 12.9. The summed E-state index contributed by atoms with van der Waals surface area (Å²) in [5.74, 6) is -0.216. The first kappa shape index (κ1) is 17.7. The number of hydrazone groups is 1. The van der Waals surface area contributed by atoms with Crippen molar-refractivity contribution in [1.29, 1.82) is 0 Å². The van der Waals surface area contributed by atoms with E-state index in [4.69, 9.17) is 0 Å². The van der Waals surface area contributed by atoms with Crippen LogP contribution >= 0.6 is 31.9 Å². The number of hydrogen-bond acceptors (Lipinski definition) is 4. The highest BCUT2D eigenvalue weighted by Gasteiger charge is 2.11. The van der Waals surface area contributed by atoms with Gasteiger partial charge in [-0.2, -0.15) is 10.2 Å². The Morgan fingerprint density at radius 1 is 1.35 bits per heavy atom. The molecule has 0 saturated heterocycles. The summed E-state index contributed by atoms with van der Waals surface area (Å²) in [7, 11) is 0. The van der Waals surface area contributed by atoms with Gasteiger partial charge < -0.3 is 5.11 Å². The van der Waals surface area contributed by atoms with Crippen LogP contribution in [-0.4, -0.2) is 26.5 Å². The van der Waals surface area contributed by atoms with Gasteiger partial charge in [-0.25, -0.2) is 5.43 Å². The van der Waals surface area contributed by atoms with E-state index in [0.717, 1.165) is 15.9 Å². The summed E-state index contributed by atoms with van der Waals surface area (Å²) in [5.41, 5.74) is 5.27. The highest BCUT2D eigenvalue weighted by atomic mass is 79.9. The molecule has 1 aromatic carbocycles. The van der Waals surface area contributed by atoms with Crippen LogP contribution in [0.4, 0.5) is 0 Å². The maximum Gasteiger partial charge on any atom is 0.261 e. The van der Waals surface area contributed by atoms with E-state index in [1.165, 1.54) is 0 Å². The second-order valence-corrected chi connectivity index (χ2v) is 6.87. The number of aryl methyl sites for hydroxylation is 2. The molecule has 0 aliphatic heterocycles. The molecule has 8 heteroatoms. The zero-order valence-corrected chi connectivity index (χ0v) is 16.1. The van der Waals surface area contributed by atoms with Gasteiger partial charge in [0.25, 0.3) is 5.91 Å². The first-order valence-corrected chi connectivity index (χ1v) is 8.39. The molecule has 0 spiro atoms. The van der Waals surface area contributed by atoms with Gasteiger partial charge in [0.2, 0.25) is 0 Å². The number of benzene rings is 1. The fraction of sp³-hybridized carbons (Fsp3) is 0.267. The van der Waals surface area contributed by atoms with Crippen LogP contribution in [0.25, 0.3) is 0 Å². The number of amides is 1. The van der Waals surface area contributed by atoms with E-state index >= 15 is 0 Å². The topological polar surface area (TPSA) is 79.5 Å². The molecule has 23 heavy (non-hydrogen) atoms. The molecule has 0 atom stereocenters. The molecular formula is C15H16Br2N4O2. The lowest BCUT2D eigenvalue weighted by Crippen LogP contribution is -2.25. The number of halogens is 2. The molecule has 0 unspecified atom stereocenters. The minimum Gasteiger partial charge on any atom is -0.506 e. The van der Waals surface area contributed by atoms with Crippen molar-refractivity contribution < 1.29 is 9.90 Å². The van der Waals surface area contributed by atoms with Crippen LogP contribution in [0.5, 0.6) is 5.75 Å². The summed E-state index contributed by atoms with van der Waals surface area (Å²) in [5, 5.41) is 18.3. The van der Waals surface area contributed by atoms with Gasteiger partial charge in [-0.05, 0) is 54.9 Å². The van der Waals surface area contributed by atoms with Gasteiger partial charge in [-0.15, -0.1) is 0 Å². The van der Waals surface area contributed by atoms with Crippen molar-refractivity contribution in [3.8, 4) is 5.75 Å². The van der Waals surface area contributed by atoms with Crippen molar-refractivity contribution in [3.63, 3.8) is 0 Å². The fourth-order valence-electron chi connectivity index (χ4n) is 2.05. The van der Waals surface area contributed by atoms with Crippen molar-refractivity contribution >= 4 is 43.5 Å². The number of hydrogen-bond donors (Lipinski definition) is 2. The molecule has 0 bridgehead atoms. The summed E-state index contributed by atoms with van der Waals surface area (Å²) in [6.45, 7) is 5.55. The van der Waals surface area contributed by atoms with Crippen LogP contribution in [0, 0.1) is 13.8 Å². The van der Waals surface area contributed by atoms with Crippen LogP contribution in [0.3, 0.4) is 0 Å². The average Bonchev–Trinajstić information content (AvgIpc) is 2.78. The second-order valence-electron chi connectivity index (χ2n) is 5.10. The van der Waals surface area contributed by atoms with Gasteiger partial charge >= 0.3 is 0 Å². The number of aromatic nitrogens is 2. The maximum atomic E-state index is 12.0. The van der Waals surface area contributed by atoms with Crippen molar-refractivity contribution in [2.24, 2.45) is 5.10 Å². The van der Waals surface area contributed by atoms with E-state index in [1.54, 1.807) is 23.7 Å². The largest absolute Gasteiger partial charge is 0.506 e. The molecule has 2 N–H and O–H groups in total. The number of aromatic hydroxyl groups is 1. The Bertz CT molecular complexity index is 784. The quantitative estimate of drug-likeness (QED) is 0.562. The Kier molecular flexibility index (Phi) is 5.59. The maximum absolute atomic E-state index is 12.0. The number of nitrogens with one attached hydrogen (secondary N) is 1. The Hall–Kier alpha value is -1.67. The Morgan fingerprint density at radius 2 is 2.04 bits per heavy atom. The van der Waals surface area contributed by atoms with Crippen molar-refractivity contribution in [2.45, 2.75) is 27.3 Å². The molecule has 0 aliphatic carbocycles. The van der Waals surface area contributed by atoms with Gasteiger partial charge in [-0.3, -0.25) is 9.48 Å². The summed E-state index contributed by atoms with van der Waals surface area (Å²) >= 11 is 6.62. The van der Waals surface area contributed by atoms with Crippen LogP contribution in [0.1, 0.15) is 23.9 Å². The number of carbonyl (C=O) groups excluding carboxylic acids is 1. The molecule has 1 amide bonds. The molecule has 2 aromatic rings. The monoisotopic (exact) mass is 442 g/mol. The number of phenolic OH excluding ortho intramolecular Hbond substituents is 1. The minimum absolute atomic E-state index is 0.0715. The molecule has 0 aliphatic rings. The molecule has 0 saturated carbocycles. The lowest BCUT2D eigenvalue weighted by atomic mass is 10.1. The number of rotatable bonds is 4. The van der Waals surface area contributed by atoms with Gasteiger partial charge in [0.15, 0.2) is 0 Å². The molecule has 0 fully saturated rings. The first-order valence-electron chi connectivity index (χ1n) is 6.80. The molecule has 1 heterocycles. The van der Waals surface area contributed by atoms with E-state index in [0.29, 0.717) is 15.7 Å². The third kappa shape index (κ3) is 4.42. The number of phenols is 1. The molecule has 6 nitrogen and oxygen atoms in total. The standard InChI is InChI=1S/C15H16Br2N4O2/c1-8-4-9(2)21(20-8)7-14(22)19-18-10(3)12-5-11(16)6-13(17)15(12)23/h4-6,23H,7H2,1-3H3,(H,19,22). The normalized spacial score (nSPS) is 11.6. The fourth-order valence-corrected chi connectivity index (χ4v) is 3.28. The predicted molar refractivity (Wildman–Crippen MR) is 95.6 cm³/mol. The minimum atomic E-state index is -0.288. The van der Waals surface area contributed by atoms with Gasteiger partial charge in [0.05, 0.1) is 15.9 Å². The summed E-state index contributed by atoms with van der Waals surface area (Å²) in [6.07, 6.45) is 0. The predicted octanol–water partition coefficient (Wildman–Crippen LogP) is 3.27. The van der Waals surface area contributed by atoms with Crippen LogP contribution in [0.2, 0.25) is 0 Å². The molecule has 1 aromatic heterocycles. The number of carbonyl (C=O) groups is 1. The van der Waals surface area contributed by atoms with E-state index in [-0.39, 0.29) is 18.2 Å².